The Hall–Kier alpha value is -1.46. The number of halogens is 2. The van der Waals surface area contributed by atoms with Gasteiger partial charge in [-0.1, -0.05) is 29.2 Å². The molecule has 20 heavy (non-hydrogen) atoms. The van der Waals surface area contributed by atoms with Crippen molar-refractivity contribution in [2.75, 3.05) is 6.54 Å². The normalized spacial score (nSPS) is 19.2. The zero-order valence-electron chi connectivity index (χ0n) is 10.9. The van der Waals surface area contributed by atoms with Gasteiger partial charge in [0, 0.05) is 11.4 Å². The van der Waals surface area contributed by atoms with Gasteiger partial charge in [0.15, 0.2) is 5.82 Å². The van der Waals surface area contributed by atoms with Gasteiger partial charge >= 0.3 is 0 Å². The summed E-state index contributed by atoms with van der Waals surface area (Å²) in [5.74, 6) is 0.845. The maximum Gasteiger partial charge on any atom is 0.243 e. The van der Waals surface area contributed by atoms with Gasteiger partial charge in [-0.15, -0.1) is 0 Å². The van der Waals surface area contributed by atoms with Gasteiger partial charge in [-0.2, -0.15) is 4.98 Å². The first-order valence-electron chi connectivity index (χ1n) is 6.72. The first-order chi connectivity index (χ1) is 9.72. The van der Waals surface area contributed by atoms with E-state index in [0.29, 0.717) is 23.2 Å². The Morgan fingerprint density at radius 3 is 3.05 bits per heavy atom. The van der Waals surface area contributed by atoms with Crippen LogP contribution in [0, 0.1) is 5.82 Å². The van der Waals surface area contributed by atoms with E-state index in [1.54, 1.807) is 6.07 Å². The molecule has 1 saturated heterocycles. The first kappa shape index (κ1) is 13.5. The molecule has 0 bridgehead atoms. The highest BCUT2D eigenvalue weighted by atomic mass is 35.5. The van der Waals surface area contributed by atoms with Crippen molar-refractivity contribution in [3.63, 3.8) is 0 Å². The minimum absolute atomic E-state index is 0.147. The van der Waals surface area contributed by atoms with E-state index in [1.807, 2.05) is 0 Å². The van der Waals surface area contributed by atoms with Gasteiger partial charge in [-0.25, -0.2) is 4.39 Å². The molecule has 1 aromatic heterocycles. The number of aromatic nitrogens is 2. The molecular formula is C14H15ClFN3O. The molecule has 2 aromatic rings. The second-order valence-electron chi connectivity index (χ2n) is 4.96. The molecule has 0 spiro atoms. The molecule has 1 N–H and O–H groups in total. The maximum atomic E-state index is 13.0. The van der Waals surface area contributed by atoms with Crippen LogP contribution in [-0.4, -0.2) is 16.7 Å². The van der Waals surface area contributed by atoms with Gasteiger partial charge in [-0.3, -0.25) is 0 Å². The van der Waals surface area contributed by atoms with Crippen molar-refractivity contribution in [2.24, 2.45) is 0 Å². The number of benzene rings is 1. The Morgan fingerprint density at radius 2 is 2.30 bits per heavy atom. The van der Waals surface area contributed by atoms with Crippen molar-refractivity contribution in [3.8, 4) is 0 Å². The average molecular weight is 296 g/mol. The summed E-state index contributed by atoms with van der Waals surface area (Å²) in [4.78, 5) is 4.40. The number of piperidine rings is 1. The molecule has 2 heterocycles. The molecule has 1 fully saturated rings. The highest BCUT2D eigenvalue weighted by molar-refractivity contribution is 6.31. The van der Waals surface area contributed by atoms with Crippen molar-refractivity contribution in [1.29, 1.82) is 0 Å². The van der Waals surface area contributed by atoms with Crippen LogP contribution in [0.2, 0.25) is 5.02 Å². The number of rotatable bonds is 3. The monoisotopic (exact) mass is 295 g/mol. The van der Waals surface area contributed by atoms with Crippen LogP contribution in [0.3, 0.4) is 0 Å². The van der Waals surface area contributed by atoms with Crippen molar-refractivity contribution in [3.05, 3.63) is 46.3 Å². The zero-order chi connectivity index (χ0) is 13.9. The van der Waals surface area contributed by atoms with Gasteiger partial charge in [0.25, 0.3) is 0 Å². The standard InChI is InChI=1S/C14H15ClFN3O/c15-11-8-10(16)5-4-9(11)7-13-18-14(20-19-13)12-3-1-2-6-17-12/h4-5,8,12,17H,1-3,6-7H2/t12-/m0/s1. The van der Waals surface area contributed by atoms with E-state index >= 15 is 0 Å². The molecule has 106 valence electrons. The Balaban J connectivity index is 1.73. The molecule has 0 saturated carbocycles. The maximum absolute atomic E-state index is 13.0. The summed E-state index contributed by atoms with van der Waals surface area (Å²) < 4.78 is 18.3. The van der Waals surface area contributed by atoms with E-state index in [-0.39, 0.29) is 11.9 Å². The predicted octanol–water partition coefficient (Wildman–Crippen LogP) is 3.27. The Morgan fingerprint density at radius 1 is 1.40 bits per heavy atom. The number of nitrogens with one attached hydrogen (secondary N) is 1. The molecule has 1 atom stereocenters. The van der Waals surface area contributed by atoms with E-state index in [2.05, 4.69) is 15.5 Å². The average Bonchev–Trinajstić information content (AvgIpc) is 2.92. The van der Waals surface area contributed by atoms with Crippen LogP contribution in [-0.2, 0) is 6.42 Å². The molecule has 1 aromatic carbocycles. The van der Waals surface area contributed by atoms with Gasteiger partial charge in [0.1, 0.15) is 5.82 Å². The molecule has 1 aliphatic heterocycles. The van der Waals surface area contributed by atoms with E-state index in [4.69, 9.17) is 16.1 Å². The molecular weight excluding hydrogens is 281 g/mol. The van der Waals surface area contributed by atoms with E-state index in [1.165, 1.54) is 25.0 Å². The number of hydrogen-bond acceptors (Lipinski definition) is 4. The van der Waals surface area contributed by atoms with Crippen LogP contribution in [0.15, 0.2) is 22.7 Å². The number of hydrogen-bond donors (Lipinski definition) is 1. The summed E-state index contributed by atoms with van der Waals surface area (Å²) in [6.45, 7) is 0.978. The van der Waals surface area contributed by atoms with Crippen LogP contribution in [0.5, 0.6) is 0 Å². The van der Waals surface area contributed by atoms with Crippen LogP contribution in [0.4, 0.5) is 4.39 Å². The van der Waals surface area contributed by atoms with Crippen molar-refractivity contribution >= 4 is 11.6 Å². The van der Waals surface area contributed by atoms with Crippen molar-refractivity contribution in [1.82, 2.24) is 15.5 Å². The fourth-order valence-electron chi connectivity index (χ4n) is 2.38. The molecule has 3 rings (SSSR count). The van der Waals surface area contributed by atoms with E-state index < -0.39 is 0 Å². The lowest BCUT2D eigenvalue weighted by Crippen LogP contribution is -2.27. The molecule has 0 amide bonds. The fourth-order valence-corrected chi connectivity index (χ4v) is 2.61. The third kappa shape index (κ3) is 2.99. The first-order valence-corrected chi connectivity index (χ1v) is 7.10. The van der Waals surface area contributed by atoms with E-state index in [9.17, 15) is 4.39 Å². The third-order valence-electron chi connectivity index (χ3n) is 3.46. The molecule has 0 unspecified atom stereocenters. The highest BCUT2D eigenvalue weighted by Crippen LogP contribution is 2.23. The highest BCUT2D eigenvalue weighted by Gasteiger charge is 2.21. The Labute approximate surface area is 121 Å². The predicted molar refractivity (Wildman–Crippen MR) is 73.1 cm³/mol. The van der Waals surface area contributed by atoms with Crippen molar-refractivity contribution < 1.29 is 8.91 Å². The van der Waals surface area contributed by atoms with Crippen LogP contribution in [0.25, 0.3) is 0 Å². The number of nitrogens with zero attached hydrogens (tertiary/aromatic N) is 2. The largest absolute Gasteiger partial charge is 0.338 e. The summed E-state index contributed by atoms with van der Waals surface area (Å²) >= 11 is 6.00. The minimum atomic E-state index is -0.348. The zero-order valence-corrected chi connectivity index (χ0v) is 11.7. The van der Waals surface area contributed by atoms with Crippen LogP contribution < -0.4 is 5.32 Å². The van der Waals surface area contributed by atoms with Gasteiger partial charge in [0.05, 0.1) is 6.04 Å². The summed E-state index contributed by atoms with van der Waals surface area (Å²) in [5.41, 5.74) is 0.789. The smallest absolute Gasteiger partial charge is 0.243 e. The lowest BCUT2D eigenvalue weighted by molar-refractivity contribution is 0.296. The summed E-state index contributed by atoms with van der Waals surface area (Å²) in [6, 6.07) is 4.46. The summed E-state index contributed by atoms with van der Waals surface area (Å²) in [6.07, 6.45) is 3.80. The Kier molecular flexibility index (Phi) is 3.98. The lowest BCUT2D eigenvalue weighted by Gasteiger charge is -2.19. The van der Waals surface area contributed by atoms with Crippen LogP contribution in [0.1, 0.15) is 42.6 Å². The van der Waals surface area contributed by atoms with Gasteiger partial charge in [0.2, 0.25) is 5.89 Å². The second kappa shape index (κ2) is 5.89. The Bertz CT molecular complexity index is 596. The third-order valence-corrected chi connectivity index (χ3v) is 3.81. The molecule has 6 heteroatoms. The summed E-state index contributed by atoms with van der Waals surface area (Å²) in [5, 5.41) is 7.71. The quantitative estimate of drug-likeness (QED) is 0.944. The van der Waals surface area contributed by atoms with Crippen molar-refractivity contribution in [2.45, 2.75) is 31.7 Å². The lowest BCUT2D eigenvalue weighted by atomic mass is 10.1. The molecule has 0 radical (unpaired) electrons. The van der Waals surface area contributed by atoms with Crippen LogP contribution >= 0.6 is 11.6 Å². The SMILES string of the molecule is Fc1ccc(Cc2noc([C@@H]3CCCCN3)n2)c(Cl)c1. The molecule has 0 aliphatic carbocycles. The molecule has 1 aliphatic rings. The van der Waals surface area contributed by atoms with E-state index in [0.717, 1.165) is 18.5 Å². The fraction of sp³-hybridized carbons (Fsp3) is 0.429. The van der Waals surface area contributed by atoms with Gasteiger partial charge < -0.3 is 9.84 Å². The van der Waals surface area contributed by atoms with Gasteiger partial charge in [-0.05, 0) is 37.1 Å². The summed E-state index contributed by atoms with van der Waals surface area (Å²) in [7, 11) is 0. The second-order valence-corrected chi connectivity index (χ2v) is 5.37. The topological polar surface area (TPSA) is 51.0 Å². The minimum Gasteiger partial charge on any atom is -0.338 e. The molecule has 4 nitrogen and oxygen atoms in total.